The van der Waals surface area contributed by atoms with Crippen molar-refractivity contribution in [2.75, 3.05) is 39.3 Å². The number of esters is 1. The molecular formula is C21H38N3O5+. The van der Waals surface area contributed by atoms with Gasteiger partial charge in [0.05, 0.1) is 19.7 Å². The van der Waals surface area contributed by atoms with Gasteiger partial charge in [-0.25, -0.2) is 9.28 Å². The molecule has 2 aliphatic rings. The Morgan fingerprint density at radius 2 is 1.79 bits per heavy atom. The third kappa shape index (κ3) is 4.14. The van der Waals surface area contributed by atoms with E-state index in [2.05, 4.69) is 4.90 Å². The summed E-state index contributed by atoms with van der Waals surface area (Å²) < 4.78 is 4.97. The quantitative estimate of drug-likeness (QED) is 0.531. The molecule has 8 nitrogen and oxygen atoms in total. The topological polar surface area (TPSA) is 87.2 Å². The van der Waals surface area contributed by atoms with Gasteiger partial charge >= 0.3 is 12.1 Å². The van der Waals surface area contributed by atoms with E-state index in [4.69, 9.17) is 4.74 Å². The van der Waals surface area contributed by atoms with Crippen LogP contribution in [0.5, 0.6) is 0 Å². The summed E-state index contributed by atoms with van der Waals surface area (Å²) in [5.41, 5.74) is -0.686. The number of carbonyl (C=O) groups excluding carboxylic acids is 2. The number of amides is 2. The van der Waals surface area contributed by atoms with E-state index in [-0.39, 0.29) is 29.0 Å². The van der Waals surface area contributed by atoms with Crippen LogP contribution in [-0.2, 0) is 14.3 Å². The zero-order chi connectivity index (χ0) is 22.0. The highest BCUT2D eigenvalue weighted by molar-refractivity contribution is 5.79. The third-order valence-electron chi connectivity index (χ3n) is 6.81. The van der Waals surface area contributed by atoms with Gasteiger partial charge in [-0.05, 0) is 54.5 Å². The van der Waals surface area contributed by atoms with E-state index >= 15 is 0 Å². The van der Waals surface area contributed by atoms with Crippen molar-refractivity contribution in [2.45, 2.75) is 72.0 Å². The molecule has 0 aromatic heterocycles. The first-order valence-corrected chi connectivity index (χ1v) is 10.8. The Kier molecular flexibility index (Phi) is 7.32. The van der Waals surface area contributed by atoms with Crippen LogP contribution in [0.1, 0.15) is 54.4 Å². The number of piperidine rings is 1. The van der Waals surface area contributed by atoms with E-state index in [0.29, 0.717) is 32.6 Å². The molecule has 166 valence electrons. The van der Waals surface area contributed by atoms with Crippen LogP contribution in [-0.4, -0.2) is 94.3 Å². The molecule has 1 unspecified atom stereocenters. The fourth-order valence-corrected chi connectivity index (χ4v) is 5.51. The Morgan fingerprint density at radius 1 is 1.17 bits per heavy atom. The molecule has 2 amide bonds. The van der Waals surface area contributed by atoms with Crippen molar-refractivity contribution in [3.05, 3.63) is 0 Å². The van der Waals surface area contributed by atoms with E-state index in [9.17, 15) is 19.5 Å². The number of fused-ring (bicyclic) bond motifs is 1. The lowest BCUT2D eigenvalue weighted by Gasteiger charge is -2.50. The number of hydrogen-bond acceptors (Lipinski definition) is 5. The van der Waals surface area contributed by atoms with E-state index in [1.54, 1.807) is 11.8 Å². The van der Waals surface area contributed by atoms with Gasteiger partial charge in [0.15, 0.2) is 6.04 Å². The predicted octanol–water partition coefficient (Wildman–Crippen LogP) is 2.17. The Morgan fingerprint density at radius 3 is 2.28 bits per heavy atom. The molecule has 1 N–H and O–H groups in total. The fraction of sp³-hybridized carbons (Fsp3) is 0.857. The molecule has 2 saturated heterocycles. The summed E-state index contributed by atoms with van der Waals surface area (Å²) in [7, 11) is 0. The molecule has 4 atom stereocenters. The van der Waals surface area contributed by atoms with E-state index < -0.39 is 23.6 Å². The number of nitrogens with zero attached hydrogens (tertiary/aromatic N) is 3. The van der Waals surface area contributed by atoms with Gasteiger partial charge < -0.3 is 14.7 Å². The van der Waals surface area contributed by atoms with Crippen LogP contribution in [0.3, 0.4) is 0 Å². The van der Waals surface area contributed by atoms with Crippen LogP contribution < -0.4 is 0 Å². The van der Waals surface area contributed by atoms with Gasteiger partial charge in [-0.1, -0.05) is 0 Å². The summed E-state index contributed by atoms with van der Waals surface area (Å²) in [6.07, 6.45) is 0.320. The Bertz CT molecular complexity index is 628. The molecule has 0 aliphatic carbocycles. The maximum Gasteiger partial charge on any atom is 0.514 e. The SMILES string of the molecule is CCOC(=O)[C@@H]1C[C@@H]2CCN(CC(=O)N(CC)CC)C[C@@H]2[N+]1(C(=O)O)C(C)(C)C. The lowest BCUT2D eigenvalue weighted by Crippen LogP contribution is -2.73. The highest BCUT2D eigenvalue weighted by Crippen LogP contribution is 2.48. The van der Waals surface area contributed by atoms with Crippen LogP contribution in [0.2, 0.25) is 0 Å². The lowest BCUT2D eigenvalue weighted by atomic mass is 9.89. The molecule has 2 aliphatic heterocycles. The second-order valence-corrected chi connectivity index (χ2v) is 9.15. The van der Waals surface area contributed by atoms with Crippen LogP contribution in [0.4, 0.5) is 4.79 Å². The number of ether oxygens (including phenoxy) is 1. The molecule has 0 bridgehead atoms. The largest absolute Gasteiger partial charge is 0.514 e. The van der Waals surface area contributed by atoms with Gasteiger partial charge in [0.25, 0.3) is 0 Å². The second kappa shape index (κ2) is 9.00. The molecule has 2 heterocycles. The molecule has 0 aromatic rings. The summed E-state index contributed by atoms with van der Waals surface area (Å²) in [5, 5.41) is 10.4. The summed E-state index contributed by atoms with van der Waals surface area (Å²) in [4.78, 5) is 42.0. The second-order valence-electron chi connectivity index (χ2n) is 9.15. The first-order chi connectivity index (χ1) is 13.5. The maximum atomic E-state index is 12.8. The van der Waals surface area contributed by atoms with Gasteiger partial charge in [-0.3, -0.25) is 9.69 Å². The molecule has 8 heteroatoms. The van der Waals surface area contributed by atoms with Gasteiger partial charge in [-0.15, -0.1) is 0 Å². The molecule has 0 radical (unpaired) electrons. The molecule has 0 spiro atoms. The molecule has 2 fully saturated rings. The Labute approximate surface area is 174 Å². The zero-order valence-corrected chi connectivity index (χ0v) is 18.8. The smallest absolute Gasteiger partial charge is 0.462 e. The summed E-state index contributed by atoms with van der Waals surface area (Å²) in [6, 6.07) is -0.971. The van der Waals surface area contributed by atoms with Crippen molar-refractivity contribution in [1.82, 2.24) is 9.80 Å². The van der Waals surface area contributed by atoms with Gasteiger partial charge in [0, 0.05) is 25.4 Å². The van der Waals surface area contributed by atoms with Crippen LogP contribution in [0.15, 0.2) is 0 Å². The van der Waals surface area contributed by atoms with Crippen molar-refractivity contribution >= 4 is 18.0 Å². The monoisotopic (exact) mass is 412 g/mol. The number of likely N-dealkylation sites (tertiary alicyclic amines) is 2. The van der Waals surface area contributed by atoms with Crippen molar-refractivity contribution in [1.29, 1.82) is 0 Å². The van der Waals surface area contributed by atoms with Crippen LogP contribution in [0.25, 0.3) is 0 Å². The van der Waals surface area contributed by atoms with Crippen molar-refractivity contribution in [2.24, 2.45) is 5.92 Å². The van der Waals surface area contributed by atoms with Gasteiger partial charge in [0.2, 0.25) is 5.91 Å². The minimum atomic E-state index is -0.986. The number of rotatable bonds is 6. The normalized spacial score (nSPS) is 29.9. The number of carboxylic acid groups (broad SMARTS) is 1. The maximum absolute atomic E-state index is 12.8. The Balaban J connectivity index is 2.36. The fourth-order valence-electron chi connectivity index (χ4n) is 5.51. The van der Waals surface area contributed by atoms with E-state index in [1.165, 1.54) is 0 Å². The van der Waals surface area contributed by atoms with Crippen LogP contribution >= 0.6 is 0 Å². The number of hydrogen-bond donors (Lipinski definition) is 1. The molecule has 0 saturated carbocycles. The molecule has 2 rings (SSSR count). The minimum absolute atomic E-state index is 0.0672. The molecule has 0 aromatic carbocycles. The first-order valence-electron chi connectivity index (χ1n) is 10.8. The lowest BCUT2D eigenvalue weighted by molar-refractivity contribution is -0.930. The minimum Gasteiger partial charge on any atom is -0.462 e. The van der Waals surface area contributed by atoms with Crippen molar-refractivity contribution in [3.8, 4) is 0 Å². The first kappa shape index (κ1) is 23.6. The standard InChI is InChI=1S/C21H37N3O5/c1-7-23(8-2)18(25)14-22-11-10-15-12-16(19(26)29-9-3)24(20(27)28,17(15)13-22)21(4,5)6/h15-17H,7-14H2,1-6H3/p+1/t15-,16-,17-,24?/m0/s1. The third-order valence-corrected chi connectivity index (χ3v) is 6.81. The van der Waals surface area contributed by atoms with E-state index in [0.717, 1.165) is 13.0 Å². The average molecular weight is 413 g/mol. The molecule has 29 heavy (non-hydrogen) atoms. The zero-order valence-electron chi connectivity index (χ0n) is 18.8. The number of carbonyl (C=O) groups is 3. The highest BCUT2D eigenvalue weighted by atomic mass is 16.5. The summed E-state index contributed by atoms with van der Waals surface area (Å²) in [5.74, 6) is -0.234. The van der Waals surface area contributed by atoms with Crippen molar-refractivity contribution < 1.29 is 28.7 Å². The van der Waals surface area contributed by atoms with E-state index in [1.807, 2.05) is 34.6 Å². The van der Waals surface area contributed by atoms with Gasteiger partial charge in [0.1, 0.15) is 11.6 Å². The summed E-state index contributed by atoms with van der Waals surface area (Å²) >= 11 is 0. The Hall–Kier alpha value is -1.67. The number of quaternary nitrogens is 1. The predicted molar refractivity (Wildman–Crippen MR) is 109 cm³/mol. The highest BCUT2D eigenvalue weighted by Gasteiger charge is 2.68. The summed E-state index contributed by atoms with van der Waals surface area (Å²) in [6.45, 7) is 14.4. The number of likely N-dealkylation sites (N-methyl/N-ethyl adjacent to an activating group) is 1. The average Bonchev–Trinajstić information content (AvgIpc) is 2.98. The van der Waals surface area contributed by atoms with Crippen LogP contribution in [0, 0.1) is 5.92 Å². The molecular weight excluding hydrogens is 374 g/mol. The van der Waals surface area contributed by atoms with Crippen molar-refractivity contribution in [3.63, 3.8) is 0 Å². The van der Waals surface area contributed by atoms with Gasteiger partial charge in [-0.2, -0.15) is 4.79 Å².